The molecule has 8 nitrogen and oxygen atoms in total. The van der Waals surface area contributed by atoms with E-state index in [1.165, 1.54) is 31.4 Å². The smallest absolute Gasteiger partial charge is 0.416 e. The fourth-order valence-electron chi connectivity index (χ4n) is 7.24. The number of amides is 1. The fraction of sp³-hybridized carbons (Fsp3) is 0.333. The summed E-state index contributed by atoms with van der Waals surface area (Å²) in [5.41, 5.74) is 0.572. The van der Waals surface area contributed by atoms with Crippen molar-refractivity contribution in [1.29, 1.82) is 0 Å². The molecule has 0 N–H and O–H groups in total. The lowest BCUT2D eigenvalue weighted by Gasteiger charge is -2.44. The minimum Gasteiger partial charge on any atom is -0.468 e. The highest BCUT2D eigenvalue weighted by Gasteiger charge is 2.39. The van der Waals surface area contributed by atoms with Crippen molar-refractivity contribution in [3.63, 3.8) is 0 Å². The normalized spacial score (nSPS) is 14.3. The number of piperidine rings is 1. The molecule has 4 aromatic carbocycles. The number of fused-ring (bicyclic) bond motifs is 1. The van der Waals surface area contributed by atoms with E-state index in [2.05, 4.69) is 4.98 Å². The number of hydrogen-bond acceptors (Lipinski definition) is 6. The highest BCUT2D eigenvalue weighted by atomic mass is 19.4. The Morgan fingerprint density at radius 1 is 0.855 bits per heavy atom. The van der Waals surface area contributed by atoms with Gasteiger partial charge in [-0.1, -0.05) is 60.7 Å². The standard InChI is InChI=1S/C42H41F5N4O4/c1-41(2,40(54)55-3)49-23-21-32(22-24-49)50(25-27-11-13-28(14-12-27)29-15-18-31(19-16-29)42(45,46)47)37(52)26-51-35-10-5-4-8-33(35)39(53)48-36(51)20-17-30-7-6-9-34(43)38(30)44/h4-16,18-19,32H,17,20-26H2,1-3H3. The van der Waals surface area contributed by atoms with Gasteiger partial charge in [-0.3, -0.25) is 19.3 Å². The Hall–Kier alpha value is -5.43. The monoisotopic (exact) mass is 760 g/mol. The molecule has 1 amide bonds. The Morgan fingerprint density at radius 3 is 2.13 bits per heavy atom. The van der Waals surface area contributed by atoms with Gasteiger partial charge in [-0.25, -0.2) is 8.78 Å². The third kappa shape index (κ3) is 8.62. The molecule has 5 aromatic rings. The highest BCUT2D eigenvalue weighted by molar-refractivity contribution is 5.82. The first-order valence-corrected chi connectivity index (χ1v) is 18.0. The zero-order valence-corrected chi connectivity index (χ0v) is 30.7. The van der Waals surface area contributed by atoms with Crippen molar-refractivity contribution in [2.75, 3.05) is 20.2 Å². The van der Waals surface area contributed by atoms with Crippen LogP contribution < -0.4 is 5.56 Å². The minimum atomic E-state index is -4.44. The summed E-state index contributed by atoms with van der Waals surface area (Å²) in [6.07, 6.45) is -3.26. The maximum absolute atomic E-state index is 14.6. The Kier molecular flexibility index (Phi) is 11.5. The van der Waals surface area contributed by atoms with Crippen LogP contribution in [-0.4, -0.2) is 63.0 Å². The number of likely N-dealkylation sites (tertiary alicyclic amines) is 1. The lowest BCUT2D eigenvalue weighted by molar-refractivity contribution is -0.155. The van der Waals surface area contributed by atoms with Crippen molar-refractivity contribution in [3.8, 4) is 11.1 Å². The number of benzene rings is 4. The van der Waals surface area contributed by atoms with E-state index in [9.17, 15) is 36.3 Å². The average Bonchev–Trinajstić information content (AvgIpc) is 3.18. The van der Waals surface area contributed by atoms with Gasteiger partial charge in [0.05, 0.1) is 23.6 Å². The fourth-order valence-corrected chi connectivity index (χ4v) is 7.24. The molecule has 1 aliphatic heterocycles. The van der Waals surface area contributed by atoms with Gasteiger partial charge >= 0.3 is 12.1 Å². The number of para-hydroxylation sites is 1. The van der Waals surface area contributed by atoms with Crippen molar-refractivity contribution >= 4 is 22.8 Å². The van der Waals surface area contributed by atoms with Gasteiger partial charge in [0.15, 0.2) is 11.6 Å². The predicted octanol–water partition coefficient (Wildman–Crippen LogP) is 7.59. The van der Waals surface area contributed by atoms with Crippen molar-refractivity contribution in [2.45, 2.75) is 70.4 Å². The number of alkyl halides is 3. The summed E-state index contributed by atoms with van der Waals surface area (Å²) < 4.78 is 74.7. The molecule has 0 saturated carbocycles. The minimum absolute atomic E-state index is 0.0337. The second kappa shape index (κ2) is 16.1. The van der Waals surface area contributed by atoms with Gasteiger partial charge in [-0.15, -0.1) is 0 Å². The Labute approximate surface area is 315 Å². The number of aryl methyl sites for hydroxylation is 2. The molecule has 0 atom stereocenters. The van der Waals surface area contributed by atoms with E-state index in [4.69, 9.17) is 4.74 Å². The molecular formula is C42H41F5N4O4. The molecule has 1 fully saturated rings. The van der Waals surface area contributed by atoms with E-state index >= 15 is 0 Å². The number of methoxy groups -OCH3 is 1. The molecule has 0 unspecified atom stereocenters. The average molecular weight is 761 g/mol. The lowest BCUT2D eigenvalue weighted by Crippen LogP contribution is -2.56. The van der Waals surface area contributed by atoms with Gasteiger partial charge in [-0.05, 0) is 85.7 Å². The topological polar surface area (TPSA) is 84.7 Å². The quantitative estimate of drug-likeness (QED) is 0.102. The summed E-state index contributed by atoms with van der Waals surface area (Å²) in [6.45, 7) is 4.61. The molecule has 0 radical (unpaired) electrons. The number of rotatable bonds is 11. The van der Waals surface area contributed by atoms with Gasteiger partial charge in [-0.2, -0.15) is 18.2 Å². The molecule has 6 rings (SSSR count). The molecule has 0 aliphatic carbocycles. The van der Waals surface area contributed by atoms with Crippen LogP contribution in [0.15, 0.2) is 95.8 Å². The van der Waals surface area contributed by atoms with Crippen LogP contribution in [0, 0.1) is 11.6 Å². The summed E-state index contributed by atoms with van der Waals surface area (Å²) in [5.74, 6) is -2.36. The van der Waals surface area contributed by atoms with Crippen molar-refractivity contribution in [1.82, 2.24) is 19.4 Å². The van der Waals surface area contributed by atoms with E-state index in [1.54, 1.807) is 59.7 Å². The van der Waals surface area contributed by atoms with Gasteiger partial charge in [0.25, 0.3) is 5.56 Å². The highest BCUT2D eigenvalue weighted by Crippen LogP contribution is 2.32. The van der Waals surface area contributed by atoms with Gasteiger partial charge in [0.1, 0.15) is 17.9 Å². The van der Waals surface area contributed by atoms with Crippen LogP contribution >= 0.6 is 0 Å². The number of aromatic nitrogens is 2. The number of nitrogens with zero attached hydrogens (tertiary/aromatic N) is 4. The van der Waals surface area contributed by atoms with E-state index in [0.29, 0.717) is 48.0 Å². The van der Waals surface area contributed by atoms with Crippen molar-refractivity contribution in [3.05, 3.63) is 135 Å². The van der Waals surface area contributed by atoms with Crippen LogP contribution in [0.4, 0.5) is 22.0 Å². The second-order valence-corrected chi connectivity index (χ2v) is 14.2. The first kappa shape index (κ1) is 39.3. The number of hydrogen-bond donors (Lipinski definition) is 0. The number of carbonyl (C=O) groups is 2. The molecule has 1 aliphatic rings. The van der Waals surface area contributed by atoms with E-state index in [1.807, 2.05) is 17.0 Å². The molecule has 13 heteroatoms. The third-order valence-corrected chi connectivity index (χ3v) is 10.5. The maximum Gasteiger partial charge on any atom is 0.416 e. The SMILES string of the molecule is COC(=O)C(C)(C)N1CCC(N(Cc2ccc(-c3ccc(C(F)(F)F)cc3)cc2)C(=O)Cn2c(CCc3cccc(F)c3F)nc(=O)c3ccccc32)CC1. The summed E-state index contributed by atoms with van der Waals surface area (Å²) >= 11 is 0. The second-order valence-electron chi connectivity index (χ2n) is 14.2. The number of carbonyl (C=O) groups excluding carboxylic acids is 2. The lowest BCUT2D eigenvalue weighted by atomic mass is 9.95. The summed E-state index contributed by atoms with van der Waals surface area (Å²) in [5, 5.41) is 0.305. The molecule has 0 spiro atoms. The predicted molar refractivity (Wildman–Crippen MR) is 198 cm³/mol. The van der Waals surface area contributed by atoms with Crippen LogP contribution in [0.5, 0.6) is 0 Å². The molecule has 55 heavy (non-hydrogen) atoms. The van der Waals surface area contributed by atoms with Crippen LogP contribution in [0.3, 0.4) is 0 Å². The molecule has 0 bridgehead atoms. The molecule has 1 saturated heterocycles. The molecule has 288 valence electrons. The van der Waals surface area contributed by atoms with Crippen LogP contribution in [0.2, 0.25) is 0 Å². The summed E-state index contributed by atoms with van der Waals surface area (Å²) in [7, 11) is 1.35. The zero-order valence-electron chi connectivity index (χ0n) is 30.7. The van der Waals surface area contributed by atoms with Crippen LogP contribution in [0.1, 0.15) is 49.2 Å². The zero-order chi connectivity index (χ0) is 39.5. The molecular weight excluding hydrogens is 719 g/mol. The van der Waals surface area contributed by atoms with Crippen LogP contribution in [-0.2, 0) is 46.4 Å². The third-order valence-electron chi connectivity index (χ3n) is 10.5. The number of esters is 1. The maximum atomic E-state index is 14.6. The van der Waals surface area contributed by atoms with E-state index in [-0.39, 0.29) is 55.2 Å². The van der Waals surface area contributed by atoms with Crippen molar-refractivity contribution in [2.24, 2.45) is 0 Å². The van der Waals surface area contributed by atoms with Gasteiger partial charge in [0, 0.05) is 32.1 Å². The first-order valence-electron chi connectivity index (χ1n) is 18.0. The van der Waals surface area contributed by atoms with E-state index < -0.39 is 34.5 Å². The Bertz CT molecular complexity index is 2230. The van der Waals surface area contributed by atoms with Gasteiger partial charge in [0.2, 0.25) is 5.91 Å². The van der Waals surface area contributed by atoms with Crippen molar-refractivity contribution < 1.29 is 36.3 Å². The number of ether oxygens (including phenoxy) is 1. The van der Waals surface area contributed by atoms with E-state index in [0.717, 1.165) is 23.8 Å². The summed E-state index contributed by atoms with van der Waals surface area (Å²) in [6, 6.07) is 22.6. The van der Waals surface area contributed by atoms with Crippen LogP contribution in [0.25, 0.3) is 22.0 Å². The molecule has 1 aromatic heterocycles. The number of halogens is 5. The summed E-state index contributed by atoms with van der Waals surface area (Å²) in [4.78, 5) is 48.4. The molecule has 2 heterocycles. The largest absolute Gasteiger partial charge is 0.468 e. The Morgan fingerprint density at radius 2 is 1.49 bits per heavy atom. The first-order chi connectivity index (χ1) is 26.2. The van der Waals surface area contributed by atoms with Gasteiger partial charge < -0.3 is 14.2 Å². The Balaban J connectivity index is 1.31.